The molecule has 0 heterocycles. The van der Waals surface area contributed by atoms with E-state index in [9.17, 15) is 43.2 Å². The Balaban J connectivity index is 5.31. The first-order valence-electron chi connectivity index (χ1n) is 36.5. The van der Waals surface area contributed by atoms with Crippen LogP contribution in [0.2, 0.25) is 0 Å². The average molecular weight is 1340 g/mol. The molecule has 5 atom stereocenters. The quantitative estimate of drug-likeness (QED) is 0.0169. The van der Waals surface area contributed by atoms with Crippen molar-refractivity contribution in [1.29, 1.82) is 0 Å². The molecule has 0 aliphatic rings. The Kier molecular flexibility index (Phi) is 64.0. The highest BCUT2D eigenvalue weighted by Crippen LogP contribution is 2.45. The lowest BCUT2D eigenvalue weighted by molar-refractivity contribution is -0.161. The van der Waals surface area contributed by atoms with Gasteiger partial charge in [-0.2, -0.15) is 0 Å². The van der Waals surface area contributed by atoms with Crippen molar-refractivity contribution in [1.82, 2.24) is 0 Å². The highest BCUT2D eigenvalue weighted by atomic mass is 31.2. The van der Waals surface area contributed by atoms with Crippen LogP contribution in [-0.4, -0.2) is 96.7 Å². The van der Waals surface area contributed by atoms with Crippen LogP contribution in [0.3, 0.4) is 0 Å². The van der Waals surface area contributed by atoms with Gasteiger partial charge in [0.25, 0.3) is 0 Å². The Morgan fingerprint density at radius 3 is 0.924 bits per heavy atom. The molecule has 92 heavy (non-hydrogen) atoms. The summed E-state index contributed by atoms with van der Waals surface area (Å²) in [6.45, 7) is 4.70. The van der Waals surface area contributed by atoms with Gasteiger partial charge >= 0.3 is 39.5 Å². The van der Waals surface area contributed by atoms with E-state index in [-0.39, 0.29) is 25.7 Å². The Labute approximate surface area is 559 Å². The zero-order valence-corrected chi connectivity index (χ0v) is 60.0. The van der Waals surface area contributed by atoms with E-state index in [1.165, 1.54) is 89.9 Å². The third-order valence-electron chi connectivity index (χ3n) is 15.5. The minimum atomic E-state index is -4.97. The van der Waals surface area contributed by atoms with Gasteiger partial charge in [-0.15, -0.1) is 0 Å². The number of hydrogen-bond donors (Lipinski definition) is 3. The van der Waals surface area contributed by atoms with Crippen molar-refractivity contribution < 1.29 is 80.2 Å². The first-order valence-corrected chi connectivity index (χ1v) is 39.5. The van der Waals surface area contributed by atoms with Crippen LogP contribution in [0.1, 0.15) is 323 Å². The molecular formula is C73H132O17P2. The molecule has 0 aliphatic heterocycles. The highest BCUT2D eigenvalue weighted by molar-refractivity contribution is 7.47. The molecule has 0 aliphatic carbocycles. The highest BCUT2D eigenvalue weighted by Gasteiger charge is 2.30. The lowest BCUT2D eigenvalue weighted by atomic mass is 10.0. The molecule has 0 rings (SSSR count). The number of phosphoric acid groups is 2. The summed E-state index contributed by atoms with van der Waals surface area (Å²) < 4.78 is 68.3. The Morgan fingerprint density at radius 1 is 0.315 bits per heavy atom. The summed E-state index contributed by atoms with van der Waals surface area (Å²) in [6, 6.07) is 0. The van der Waals surface area contributed by atoms with E-state index in [0.717, 1.165) is 154 Å². The second kappa shape index (κ2) is 66.4. The van der Waals surface area contributed by atoms with Crippen LogP contribution in [0.5, 0.6) is 0 Å². The summed E-state index contributed by atoms with van der Waals surface area (Å²) in [7, 11) is -9.93. The lowest BCUT2D eigenvalue weighted by Crippen LogP contribution is -2.30. The van der Waals surface area contributed by atoms with Crippen LogP contribution in [0.25, 0.3) is 0 Å². The van der Waals surface area contributed by atoms with Gasteiger partial charge < -0.3 is 33.8 Å². The van der Waals surface area contributed by atoms with Gasteiger partial charge in [0.15, 0.2) is 12.2 Å². The van der Waals surface area contributed by atoms with E-state index < -0.39 is 97.5 Å². The van der Waals surface area contributed by atoms with Gasteiger partial charge in [-0.3, -0.25) is 37.3 Å². The molecule has 536 valence electrons. The molecule has 0 aromatic carbocycles. The molecule has 0 saturated carbocycles. The van der Waals surface area contributed by atoms with Crippen LogP contribution in [0.15, 0.2) is 60.8 Å². The molecule has 0 aromatic rings. The molecule has 0 radical (unpaired) electrons. The number of aliphatic hydroxyl groups is 1. The maximum atomic E-state index is 13.0. The van der Waals surface area contributed by atoms with Gasteiger partial charge in [-0.05, 0) is 103 Å². The number of hydrogen-bond acceptors (Lipinski definition) is 15. The predicted molar refractivity (Wildman–Crippen MR) is 372 cm³/mol. The van der Waals surface area contributed by atoms with Crippen molar-refractivity contribution in [3.63, 3.8) is 0 Å². The number of allylic oxidation sites excluding steroid dienone is 10. The topological polar surface area (TPSA) is 237 Å². The minimum absolute atomic E-state index is 0.0864. The van der Waals surface area contributed by atoms with Gasteiger partial charge in [0, 0.05) is 25.7 Å². The number of phosphoric ester groups is 2. The Bertz CT molecular complexity index is 1990. The second-order valence-corrected chi connectivity index (χ2v) is 27.4. The molecule has 17 nitrogen and oxygen atoms in total. The van der Waals surface area contributed by atoms with Gasteiger partial charge in [0.05, 0.1) is 26.4 Å². The van der Waals surface area contributed by atoms with E-state index >= 15 is 0 Å². The van der Waals surface area contributed by atoms with Gasteiger partial charge in [0.2, 0.25) is 0 Å². The number of ether oxygens (including phenoxy) is 4. The zero-order valence-electron chi connectivity index (χ0n) is 58.2. The molecule has 0 amide bonds. The third kappa shape index (κ3) is 65.4. The molecule has 0 saturated heterocycles. The van der Waals surface area contributed by atoms with Crippen molar-refractivity contribution in [3.8, 4) is 0 Å². The normalized spacial score (nSPS) is 14.4. The minimum Gasteiger partial charge on any atom is -0.462 e. The van der Waals surface area contributed by atoms with E-state index in [4.69, 9.17) is 37.0 Å². The van der Waals surface area contributed by atoms with Gasteiger partial charge in [0.1, 0.15) is 19.3 Å². The number of unbranched alkanes of at least 4 members (excludes halogenated alkanes) is 33. The van der Waals surface area contributed by atoms with Crippen LogP contribution >= 0.6 is 15.6 Å². The van der Waals surface area contributed by atoms with Crippen LogP contribution in [-0.2, 0) is 65.4 Å². The average Bonchev–Trinajstić information content (AvgIpc) is 2.73. The number of carbonyl (C=O) groups excluding carboxylic acids is 4. The van der Waals surface area contributed by atoms with E-state index in [0.29, 0.717) is 25.7 Å². The predicted octanol–water partition coefficient (Wildman–Crippen LogP) is 20.3. The summed E-state index contributed by atoms with van der Waals surface area (Å²) >= 11 is 0. The summed E-state index contributed by atoms with van der Waals surface area (Å²) in [5, 5.41) is 10.6. The molecule has 0 fully saturated rings. The maximum Gasteiger partial charge on any atom is 0.472 e. The first kappa shape index (κ1) is 88.8. The molecular weight excluding hydrogens is 1210 g/mol. The molecule has 0 spiro atoms. The fourth-order valence-corrected chi connectivity index (χ4v) is 11.4. The first-order chi connectivity index (χ1) is 44.7. The van der Waals surface area contributed by atoms with Gasteiger partial charge in [-0.1, -0.05) is 255 Å². The van der Waals surface area contributed by atoms with E-state index in [1.54, 1.807) is 0 Å². The van der Waals surface area contributed by atoms with Crippen molar-refractivity contribution in [2.24, 2.45) is 0 Å². The number of aliphatic hydroxyl groups excluding tert-OH is 1. The molecule has 0 aromatic heterocycles. The largest absolute Gasteiger partial charge is 0.472 e. The van der Waals surface area contributed by atoms with Crippen molar-refractivity contribution in [2.75, 3.05) is 39.6 Å². The fourth-order valence-electron chi connectivity index (χ4n) is 9.86. The molecule has 5 unspecified atom stereocenters. The number of carbonyl (C=O) groups is 4. The van der Waals surface area contributed by atoms with Gasteiger partial charge in [-0.25, -0.2) is 9.13 Å². The summed E-state index contributed by atoms with van der Waals surface area (Å²) in [4.78, 5) is 72.6. The fraction of sp³-hybridized carbons (Fsp3) is 0.808. The number of rotatable bonds is 69. The zero-order chi connectivity index (χ0) is 67.5. The Morgan fingerprint density at radius 2 is 0.576 bits per heavy atom. The van der Waals surface area contributed by atoms with Crippen molar-refractivity contribution in [3.05, 3.63) is 60.8 Å². The van der Waals surface area contributed by atoms with E-state index in [2.05, 4.69) is 88.5 Å². The maximum absolute atomic E-state index is 13.0. The lowest BCUT2D eigenvalue weighted by Gasteiger charge is -2.21. The Hall–Kier alpha value is -3.24. The monoisotopic (exact) mass is 1340 g/mol. The SMILES string of the molecule is CC/C=C\C/C=C\C/C=C\CCCCCCCC(=O)OCC(COP(=O)(O)OCC(O)COP(=O)(O)OCC(COC(=O)CCCCCCC/C=C\CCCCCC)OC(=O)CCCCCCC/C=C\CCCC)OC(=O)CCCCCCCCCCCCCCC. The van der Waals surface area contributed by atoms with Crippen LogP contribution < -0.4 is 0 Å². The van der Waals surface area contributed by atoms with E-state index in [1.807, 2.05) is 0 Å². The van der Waals surface area contributed by atoms with Crippen LogP contribution in [0.4, 0.5) is 0 Å². The van der Waals surface area contributed by atoms with Crippen molar-refractivity contribution >= 4 is 39.5 Å². The summed E-state index contributed by atoms with van der Waals surface area (Å²) in [5.74, 6) is -2.19. The summed E-state index contributed by atoms with van der Waals surface area (Å²) in [6.07, 6.45) is 62.2. The van der Waals surface area contributed by atoms with Crippen LogP contribution in [0, 0.1) is 0 Å². The van der Waals surface area contributed by atoms with Crippen molar-refractivity contribution in [2.45, 2.75) is 341 Å². The summed E-state index contributed by atoms with van der Waals surface area (Å²) in [5.41, 5.74) is 0. The standard InChI is InChI=1S/C73H132O17P2/c1-5-9-13-17-21-25-29-32-33-36-39-42-46-50-54-58-71(76)84-64-69(90-73(78)60-56-52-48-44-40-35-31-27-23-19-15-11-7-3)66-88-92(81,82)86-62-67(74)61-85-91(79,80)87-65-68(89-72(77)59-55-51-47-43-37-28-24-20-16-12-8-4)63-83-70(75)57-53-49-45-41-38-34-30-26-22-18-14-10-6-2/h9,13,20-21,24-26,30,32-33,67-69,74H,5-8,10-12,14-19,22-23,27-29,31,34-66H2,1-4H3,(H,79,80)(H,81,82)/b13-9-,24-20-,25-21-,30-26-,33-32-. The smallest absolute Gasteiger partial charge is 0.462 e. The molecule has 3 N–H and O–H groups in total. The second-order valence-electron chi connectivity index (χ2n) is 24.5. The number of esters is 4. The molecule has 19 heteroatoms. The molecule has 0 bridgehead atoms. The third-order valence-corrected chi connectivity index (χ3v) is 17.4.